The highest BCUT2D eigenvalue weighted by Crippen LogP contribution is 2.76. The van der Waals surface area contributed by atoms with E-state index in [0.717, 1.165) is 5.57 Å². The van der Waals surface area contributed by atoms with Gasteiger partial charge in [-0.1, -0.05) is 46.3 Å². The van der Waals surface area contributed by atoms with Crippen LogP contribution in [0.1, 0.15) is 114 Å². The van der Waals surface area contributed by atoms with Crippen LogP contribution in [0.15, 0.2) is 11.6 Å². The Kier molecular flexibility index (Phi) is 15.4. The maximum atomic E-state index is 12.7. The number of allylic oxidation sites excluding steroid dienone is 2. The van der Waals surface area contributed by atoms with Gasteiger partial charge < -0.3 is 89.7 Å². The first kappa shape index (κ1) is 52.8. The lowest BCUT2D eigenvalue weighted by molar-refractivity contribution is -0.382. The normalized spacial score (nSPS) is 53.5. The summed E-state index contributed by atoms with van der Waals surface area (Å²) in [6.07, 6.45) is -18.3. The molecule has 0 bridgehead atoms. The molecule has 26 atom stereocenters. The van der Waals surface area contributed by atoms with Crippen LogP contribution < -0.4 is 0 Å². The van der Waals surface area contributed by atoms with Gasteiger partial charge in [0.1, 0.15) is 67.1 Å². The molecule has 0 radical (unpaired) electrons. The topological polar surface area (TPSA) is 298 Å². The highest BCUT2D eigenvalue weighted by Gasteiger charge is 2.74. The van der Waals surface area contributed by atoms with E-state index in [1.54, 1.807) is 0 Å². The molecule has 0 amide bonds. The Morgan fingerprint density at radius 1 is 0.682 bits per heavy atom. The minimum absolute atomic E-state index is 0.0861. The van der Waals surface area contributed by atoms with Crippen LogP contribution in [0.25, 0.3) is 0 Å². The molecule has 12 N–H and O–H groups in total. The number of fused-ring (bicyclic) bond motifs is 5. The average molecular weight is 947 g/mol. The van der Waals surface area contributed by atoms with Gasteiger partial charge >= 0.3 is 0 Å². The Hall–Kier alpha value is -0.980. The van der Waals surface area contributed by atoms with Gasteiger partial charge in [0.25, 0.3) is 0 Å². The zero-order valence-electron chi connectivity index (χ0n) is 40.2. The summed E-state index contributed by atoms with van der Waals surface area (Å²) < 4.78 is 38.1. The summed E-state index contributed by atoms with van der Waals surface area (Å²) in [6.45, 7) is 16.8. The van der Waals surface area contributed by atoms with Gasteiger partial charge in [-0.3, -0.25) is 0 Å². The van der Waals surface area contributed by atoms with Gasteiger partial charge in [0.05, 0.1) is 43.2 Å². The van der Waals surface area contributed by atoms with Gasteiger partial charge in [-0.15, -0.1) is 0 Å². The number of aliphatic hydroxyl groups excluding tert-OH is 12. The van der Waals surface area contributed by atoms with Crippen molar-refractivity contribution in [3.8, 4) is 0 Å². The molecular weight excluding hydrogens is 865 g/mol. The Balaban J connectivity index is 1.27. The first-order chi connectivity index (χ1) is 30.7. The third kappa shape index (κ3) is 8.69. The Morgan fingerprint density at radius 2 is 1.27 bits per heavy atom. The molecule has 3 heterocycles. The van der Waals surface area contributed by atoms with Crippen LogP contribution in [0.4, 0.5) is 0 Å². The molecule has 7 aliphatic rings. The van der Waals surface area contributed by atoms with E-state index < -0.39 is 151 Å². The summed E-state index contributed by atoms with van der Waals surface area (Å²) in [5.41, 5.74) is -2.43. The highest BCUT2D eigenvalue weighted by atomic mass is 16.8. The molecule has 0 spiro atoms. The second-order valence-corrected chi connectivity index (χ2v) is 23.0. The SMILES string of the molecule is CC(C)=CCCC(C)(O[C@@H]1O[C@H](CO)[C@@H](O)[C@H](O)[C@H]1O)C1CC[C@]2(C)[C@H]1[C@H](O)CC1[C@@]3(C)CC[C@H](O)C(C)(C)[C@@H]3[C@@H](O[C@@H]3O[C@H](CO)[C@@H](O)[C@H](O)[C@H]3O[C@@H]3O[C@@H](C)[C@H](O)[C@@H](O)[C@H]3O)C[C@]12C. The quantitative estimate of drug-likeness (QED) is 0.0904. The number of rotatable bonds is 12. The molecule has 18 nitrogen and oxygen atoms in total. The molecular formula is C48H82O18. The summed E-state index contributed by atoms with van der Waals surface area (Å²) in [5, 5.41) is 132. The van der Waals surface area contributed by atoms with Crippen molar-refractivity contribution >= 4 is 0 Å². The maximum Gasteiger partial charge on any atom is 0.187 e. The van der Waals surface area contributed by atoms with E-state index in [1.807, 2.05) is 34.6 Å². The van der Waals surface area contributed by atoms with Crippen LogP contribution in [0, 0.1) is 45.3 Å². The number of ether oxygens (including phenoxy) is 6. The monoisotopic (exact) mass is 947 g/mol. The third-order valence-electron chi connectivity index (χ3n) is 18.7. The van der Waals surface area contributed by atoms with Gasteiger partial charge in [0.2, 0.25) is 0 Å². The third-order valence-corrected chi connectivity index (χ3v) is 18.7. The summed E-state index contributed by atoms with van der Waals surface area (Å²) in [7, 11) is 0. The van der Waals surface area contributed by atoms with E-state index in [-0.39, 0.29) is 23.7 Å². The van der Waals surface area contributed by atoms with Crippen molar-refractivity contribution in [2.45, 2.75) is 230 Å². The van der Waals surface area contributed by atoms with Crippen molar-refractivity contribution in [3.63, 3.8) is 0 Å². The van der Waals surface area contributed by atoms with Gasteiger partial charge in [0, 0.05) is 0 Å². The zero-order valence-corrected chi connectivity index (χ0v) is 40.2. The molecule has 0 aromatic heterocycles. The first-order valence-corrected chi connectivity index (χ1v) is 24.3. The number of hydrogen-bond donors (Lipinski definition) is 12. The predicted molar refractivity (Wildman–Crippen MR) is 234 cm³/mol. The summed E-state index contributed by atoms with van der Waals surface area (Å²) in [6, 6.07) is 0. The fourth-order valence-corrected chi connectivity index (χ4v) is 14.9. The van der Waals surface area contributed by atoms with Crippen molar-refractivity contribution in [3.05, 3.63) is 11.6 Å². The van der Waals surface area contributed by atoms with Crippen molar-refractivity contribution in [2.24, 2.45) is 45.3 Å². The summed E-state index contributed by atoms with van der Waals surface area (Å²) in [4.78, 5) is 0. The lowest BCUT2D eigenvalue weighted by Crippen LogP contribution is -2.71. The van der Waals surface area contributed by atoms with E-state index >= 15 is 0 Å². The second kappa shape index (κ2) is 19.2. The molecule has 4 saturated carbocycles. The van der Waals surface area contributed by atoms with Crippen LogP contribution in [0.3, 0.4) is 0 Å². The van der Waals surface area contributed by atoms with Gasteiger partial charge in [0.15, 0.2) is 18.9 Å². The van der Waals surface area contributed by atoms with Crippen molar-refractivity contribution in [1.29, 1.82) is 0 Å². The van der Waals surface area contributed by atoms with E-state index in [4.69, 9.17) is 28.4 Å². The molecule has 3 aliphatic heterocycles. The minimum atomic E-state index is -1.75. The van der Waals surface area contributed by atoms with Crippen molar-refractivity contribution < 1.29 is 89.7 Å². The fourth-order valence-electron chi connectivity index (χ4n) is 14.9. The van der Waals surface area contributed by atoms with Crippen LogP contribution in [-0.2, 0) is 28.4 Å². The number of aliphatic hydroxyl groups is 12. The smallest absolute Gasteiger partial charge is 0.187 e. The fraction of sp³-hybridized carbons (Fsp3) is 0.958. The molecule has 18 heteroatoms. The van der Waals surface area contributed by atoms with Crippen LogP contribution in [0.5, 0.6) is 0 Å². The van der Waals surface area contributed by atoms with E-state index in [2.05, 4.69) is 26.8 Å². The zero-order chi connectivity index (χ0) is 48.8. The molecule has 0 aromatic carbocycles. The Labute approximate surface area is 388 Å². The predicted octanol–water partition coefficient (Wildman–Crippen LogP) is -0.0284. The van der Waals surface area contributed by atoms with E-state index in [0.29, 0.717) is 51.4 Å². The standard InChI is InChI=1S/C48H82O18/c1-21(2)11-10-14-48(9,66-42-38(60)35(57)32(54)26(19-49)63-42)23-12-16-46(7)30(23)24(51)17-28-45(6)15-13-29(52)44(4,5)40(45)25(18-47(28,46)8)62-43-39(36(58)33(55)27(20-50)64-43)65-41-37(59)34(56)31(53)22(3)61-41/h11,22-43,49-60H,10,12-20H2,1-9H3/t22-,23?,24+,25-,26+,27+,28?,29-,30+,31-,32+,33+,34+,35-,36-,37+,38+,39+,40-,41-,42-,43+,45+,46+,47+,48?/m0/s1. The highest BCUT2D eigenvalue weighted by molar-refractivity contribution is 5.22. The molecule has 66 heavy (non-hydrogen) atoms. The second-order valence-electron chi connectivity index (χ2n) is 23.0. The van der Waals surface area contributed by atoms with Crippen LogP contribution >= 0.6 is 0 Å². The lowest BCUT2D eigenvalue weighted by atomic mass is 9.34. The van der Waals surface area contributed by atoms with Crippen LogP contribution in [0.2, 0.25) is 0 Å². The number of hydrogen-bond acceptors (Lipinski definition) is 18. The Bertz CT molecular complexity index is 1700. The first-order valence-electron chi connectivity index (χ1n) is 24.3. The minimum Gasteiger partial charge on any atom is -0.394 e. The van der Waals surface area contributed by atoms with E-state index in [9.17, 15) is 61.3 Å². The van der Waals surface area contributed by atoms with E-state index in [1.165, 1.54) is 6.92 Å². The van der Waals surface area contributed by atoms with Crippen LogP contribution in [-0.4, -0.2) is 191 Å². The molecule has 382 valence electrons. The molecule has 7 fully saturated rings. The summed E-state index contributed by atoms with van der Waals surface area (Å²) >= 11 is 0. The molecule has 7 rings (SSSR count). The maximum absolute atomic E-state index is 12.7. The lowest BCUT2D eigenvalue weighted by Gasteiger charge is -2.72. The van der Waals surface area contributed by atoms with Gasteiger partial charge in [-0.2, -0.15) is 0 Å². The van der Waals surface area contributed by atoms with Crippen molar-refractivity contribution in [1.82, 2.24) is 0 Å². The van der Waals surface area contributed by atoms with Crippen molar-refractivity contribution in [2.75, 3.05) is 13.2 Å². The molecule has 0 aromatic rings. The largest absolute Gasteiger partial charge is 0.394 e. The average Bonchev–Trinajstić information content (AvgIpc) is 3.64. The molecule has 4 aliphatic carbocycles. The van der Waals surface area contributed by atoms with Gasteiger partial charge in [-0.25, -0.2) is 0 Å². The summed E-state index contributed by atoms with van der Waals surface area (Å²) in [5.74, 6) is -1.12. The molecule has 3 saturated heterocycles. The van der Waals surface area contributed by atoms with Gasteiger partial charge in [-0.05, 0) is 124 Å². The Morgan fingerprint density at radius 3 is 1.89 bits per heavy atom. The molecule has 3 unspecified atom stereocenters.